The Labute approximate surface area is 88.3 Å². The van der Waals surface area contributed by atoms with Crippen LogP contribution in [-0.4, -0.2) is 21.4 Å². The first-order valence-electron chi connectivity index (χ1n) is 4.56. The van der Waals surface area contributed by atoms with E-state index < -0.39 is 0 Å². The minimum absolute atomic E-state index is 0.0815. The number of hydrogen-bond acceptors (Lipinski definition) is 4. The zero-order valence-electron chi connectivity index (χ0n) is 8.57. The molecule has 0 aliphatic heterocycles. The SMILES string of the molecule is C=C(C)C(N)Cc1cc(O)c(O)cc1O. The van der Waals surface area contributed by atoms with Gasteiger partial charge in [-0.25, -0.2) is 0 Å². The maximum atomic E-state index is 9.49. The van der Waals surface area contributed by atoms with Crippen molar-refractivity contribution in [2.75, 3.05) is 0 Å². The molecule has 1 aromatic rings. The van der Waals surface area contributed by atoms with Gasteiger partial charge in [-0.1, -0.05) is 12.2 Å². The van der Waals surface area contributed by atoms with Crippen LogP contribution in [0.25, 0.3) is 0 Å². The van der Waals surface area contributed by atoms with E-state index in [0.717, 1.165) is 11.6 Å². The van der Waals surface area contributed by atoms with Crippen molar-refractivity contribution in [1.82, 2.24) is 0 Å². The molecule has 0 radical (unpaired) electrons. The summed E-state index contributed by atoms with van der Waals surface area (Å²) >= 11 is 0. The highest BCUT2D eigenvalue weighted by Crippen LogP contribution is 2.32. The molecule has 0 fully saturated rings. The minimum Gasteiger partial charge on any atom is -0.508 e. The zero-order chi connectivity index (χ0) is 11.6. The molecule has 0 aliphatic carbocycles. The summed E-state index contributed by atoms with van der Waals surface area (Å²) in [5.74, 6) is -0.695. The lowest BCUT2D eigenvalue weighted by molar-refractivity contribution is 0.394. The topological polar surface area (TPSA) is 86.7 Å². The summed E-state index contributed by atoms with van der Waals surface area (Å²) in [5, 5.41) is 27.9. The van der Waals surface area contributed by atoms with Crippen molar-refractivity contribution in [2.45, 2.75) is 19.4 Å². The number of aromatic hydroxyl groups is 3. The molecule has 82 valence electrons. The molecule has 0 amide bonds. The molecule has 1 atom stereocenters. The molecule has 1 aromatic carbocycles. The van der Waals surface area contributed by atoms with Crippen LogP contribution in [-0.2, 0) is 6.42 Å². The average Bonchev–Trinajstić information content (AvgIpc) is 2.13. The molecular weight excluding hydrogens is 194 g/mol. The van der Waals surface area contributed by atoms with Gasteiger partial charge < -0.3 is 21.1 Å². The summed E-state index contributed by atoms with van der Waals surface area (Å²) in [7, 11) is 0. The fourth-order valence-electron chi connectivity index (χ4n) is 1.18. The van der Waals surface area contributed by atoms with Crippen LogP contribution < -0.4 is 5.73 Å². The van der Waals surface area contributed by atoms with Gasteiger partial charge in [0.05, 0.1) is 0 Å². The van der Waals surface area contributed by atoms with Crippen molar-refractivity contribution in [2.24, 2.45) is 5.73 Å². The molecule has 15 heavy (non-hydrogen) atoms. The first kappa shape index (κ1) is 11.4. The lowest BCUT2D eigenvalue weighted by atomic mass is 10.0. The van der Waals surface area contributed by atoms with E-state index in [4.69, 9.17) is 10.8 Å². The summed E-state index contributed by atoms with van der Waals surface area (Å²) in [5.41, 5.74) is 7.03. The van der Waals surface area contributed by atoms with Crippen LogP contribution in [0.3, 0.4) is 0 Å². The van der Waals surface area contributed by atoms with Gasteiger partial charge in [0.25, 0.3) is 0 Å². The highest BCUT2D eigenvalue weighted by Gasteiger charge is 2.11. The fraction of sp³-hybridized carbons (Fsp3) is 0.273. The molecule has 5 N–H and O–H groups in total. The van der Waals surface area contributed by atoms with Crippen LogP contribution in [0.15, 0.2) is 24.3 Å². The van der Waals surface area contributed by atoms with E-state index in [-0.39, 0.29) is 23.3 Å². The van der Waals surface area contributed by atoms with Gasteiger partial charge in [-0.3, -0.25) is 0 Å². The van der Waals surface area contributed by atoms with Gasteiger partial charge in [-0.05, 0) is 25.0 Å². The number of phenolic OH excluding ortho intramolecular Hbond substituents is 3. The maximum absolute atomic E-state index is 9.49. The van der Waals surface area contributed by atoms with E-state index >= 15 is 0 Å². The van der Waals surface area contributed by atoms with Crippen molar-refractivity contribution >= 4 is 0 Å². The summed E-state index contributed by atoms with van der Waals surface area (Å²) in [6.45, 7) is 5.50. The van der Waals surface area contributed by atoms with Gasteiger partial charge in [-0.2, -0.15) is 0 Å². The lowest BCUT2D eigenvalue weighted by Crippen LogP contribution is -2.23. The summed E-state index contributed by atoms with van der Waals surface area (Å²) in [6, 6.07) is 2.11. The van der Waals surface area contributed by atoms with E-state index in [0.29, 0.717) is 12.0 Å². The third-order valence-electron chi connectivity index (χ3n) is 2.25. The molecule has 4 nitrogen and oxygen atoms in total. The van der Waals surface area contributed by atoms with Gasteiger partial charge in [0.15, 0.2) is 11.5 Å². The normalized spacial score (nSPS) is 12.4. The first-order chi connectivity index (χ1) is 6.91. The van der Waals surface area contributed by atoms with Crippen LogP contribution in [0.2, 0.25) is 0 Å². The minimum atomic E-state index is -0.347. The predicted octanol–water partition coefficient (Wildman–Crippen LogP) is 1.25. The van der Waals surface area contributed by atoms with Crippen molar-refractivity contribution in [3.05, 3.63) is 29.8 Å². The Morgan fingerprint density at radius 1 is 1.27 bits per heavy atom. The largest absolute Gasteiger partial charge is 0.508 e. The second-order valence-electron chi connectivity index (χ2n) is 3.63. The van der Waals surface area contributed by atoms with Crippen LogP contribution in [0.1, 0.15) is 12.5 Å². The van der Waals surface area contributed by atoms with Crippen molar-refractivity contribution < 1.29 is 15.3 Å². The van der Waals surface area contributed by atoms with Crippen molar-refractivity contribution in [3.8, 4) is 17.2 Å². The van der Waals surface area contributed by atoms with E-state index in [1.54, 1.807) is 6.92 Å². The van der Waals surface area contributed by atoms with Crippen molar-refractivity contribution in [3.63, 3.8) is 0 Å². The average molecular weight is 209 g/mol. The van der Waals surface area contributed by atoms with Crippen molar-refractivity contribution in [1.29, 1.82) is 0 Å². The third kappa shape index (κ3) is 2.63. The van der Waals surface area contributed by atoms with E-state index in [1.165, 1.54) is 6.07 Å². The fourth-order valence-corrected chi connectivity index (χ4v) is 1.18. The summed E-state index contributed by atoms with van der Waals surface area (Å²) in [4.78, 5) is 0. The Hall–Kier alpha value is -1.68. The molecular formula is C11H15NO3. The number of phenols is 3. The van der Waals surface area contributed by atoms with Gasteiger partial charge in [0, 0.05) is 12.1 Å². The Balaban J connectivity index is 2.95. The molecule has 0 heterocycles. The Bertz CT molecular complexity index is 388. The standard InChI is InChI=1S/C11H15NO3/c1-6(2)8(12)3-7-4-10(14)11(15)5-9(7)13/h4-5,8,13-15H,1,3,12H2,2H3. The van der Waals surface area contributed by atoms with Crippen LogP contribution >= 0.6 is 0 Å². The number of nitrogens with two attached hydrogens (primary N) is 1. The number of benzene rings is 1. The molecule has 0 bridgehead atoms. The van der Waals surface area contributed by atoms with Gasteiger partial charge in [-0.15, -0.1) is 0 Å². The Kier molecular flexibility index (Phi) is 3.21. The van der Waals surface area contributed by atoms with Gasteiger partial charge >= 0.3 is 0 Å². The molecule has 0 aromatic heterocycles. The summed E-state index contributed by atoms with van der Waals surface area (Å²) < 4.78 is 0. The van der Waals surface area contributed by atoms with Crippen LogP contribution in [0.4, 0.5) is 0 Å². The van der Waals surface area contributed by atoms with E-state index in [2.05, 4.69) is 6.58 Å². The van der Waals surface area contributed by atoms with Gasteiger partial charge in [0.1, 0.15) is 5.75 Å². The quantitative estimate of drug-likeness (QED) is 0.343. The second kappa shape index (κ2) is 4.23. The van der Waals surface area contributed by atoms with Crippen LogP contribution in [0, 0.1) is 0 Å². The Morgan fingerprint density at radius 3 is 2.33 bits per heavy atom. The molecule has 0 saturated carbocycles. The second-order valence-corrected chi connectivity index (χ2v) is 3.63. The van der Waals surface area contributed by atoms with Gasteiger partial charge in [0.2, 0.25) is 0 Å². The summed E-state index contributed by atoms with van der Waals surface area (Å²) in [6.07, 6.45) is 0.370. The monoisotopic (exact) mass is 209 g/mol. The number of hydrogen-bond donors (Lipinski definition) is 4. The third-order valence-corrected chi connectivity index (χ3v) is 2.25. The first-order valence-corrected chi connectivity index (χ1v) is 4.56. The molecule has 1 rings (SSSR count). The van der Waals surface area contributed by atoms with Crippen LogP contribution in [0.5, 0.6) is 17.2 Å². The lowest BCUT2D eigenvalue weighted by Gasteiger charge is -2.13. The maximum Gasteiger partial charge on any atom is 0.161 e. The molecule has 1 unspecified atom stereocenters. The molecule has 4 heteroatoms. The molecule has 0 spiro atoms. The zero-order valence-corrected chi connectivity index (χ0v) is 8.57. The van der Waals surface area contributed by atoms with E-state index in [9.17, 15) is 10.2 Å². The smallest absolute Gasteiger partial charge is 0.161 e. The number of rotatable bonds is 3. The predicted molar refractivity (Wildman–Crippen MR) is 57.9 cm³/mol. The molecule has 0 saturated heterocycles. The highest BCUT2D eigenvalue weighted by molar-refractivity contribution is 5.48. The highest BCUT2D eigenvalue weighted by atomic mass is 16.3. The Morgan fingerprint density at radius 2 is 1.80 bits per heavy atom. The molecule has 0 aliphatic rings. The van der Waals surface area contributed by atoms with E-state index in [1.807, 2.05) is 0 Å².